The van der Waals surface area contributed by atoms with Crippen LogP contribution >= 0.6 is 0 Å². The van der Waals surface area contributed by atoms with Gasteiger partial charge in [-0.3, -0.25) is 4.79 Å². The van der Waals surface area contributed by atoms with E-state index in [-0.39, 0.29) is 11.1 Å². The zero-order valence-corrected chi connectivity index (χ0v) is 13.3. The third-order valence-electron chi connectivity index (χ3n) is 3.21. The van der Waals surface area contributed by atoms with Gasteiger partial charge in [0.1, 0.15) is 0 Å². The molecule has 0 bridgehead atoms. The highest BCUT2D eigenvalue weighted by molar-refractivity contribution is 5.35. The number of aromatic nitrogens is 2. The quantitative estimate of drug-likeness (QED) is 0.802. The molecule has 5 heteroatoms. The molecule has 20 heavy (non-hydrogen) atoms. The smallest absolute Gasteiger partial charge is 0.293 e. The zero-order chi connectivity index (χ0) is 15.3. The molecule has 3 N–H and O–H groups in total. The number of nitrogens with zero attached hydrogens (tertiary/aromatic N) is 2. The van der Waals surface area contributed by atoms with Crippen LogP contribution in [0.1, 0.15) is 41.0 Å². The van der Waals surface area contributed by atoms with Gasteiger partial charge in [0.05, 0.1) is 0 Å². The van der Waals surface area contributed by atoms with Crippen molar-refractivity contribution < 1.29 is 0 Å². The van der Waals surface area contributed by atoms with Crippen LogP contribution in [-0.2, 0) is 6.54 Å². The lowest BCUT2D eigenvalue weighted by atomic mass is 9.91. The predicted molar refractivity (Wildman–Crippen MR) is 83.9 cm³/mol. The van der Waals surface area contributed by atoms with Crippen LogP contribution in [0.15, 0.2) is 17.2 Å². The molecule has 0 aliphatic carbocycles. The van der Waals surface area contributed by atoms with Gasteiger partial charge in [0.25, 0.3) is 5.56 Å². The second-order valence-corrected chi connectivity index (χ2v) is 6.61. The molecule has 1 aromatic rings. The second-order valence-electron chi connectivity index (χ2n) is 6.61. The first-order valence-corrected chi connectivity index (χ1v) is 7.31. The van der Waals surface area contributed by atoms with Crippen molar-refractivity contribution in [1.29, 1.82) is 0 Å². The van der Waals surface area contributed by atoms with Crippen molar-refractivity contribution in [3.63, 3.8) is 0 Å². The van der Waals surface area contributed by atoms with Gasteiger partial charge >= 0.3 is 0 Å². The summed E-state index contributed by atoms with van der Waals surface area (Å²) in [5.74, 6) is 1.30. The topological polar surface area (TPSA) is 72.9 Å². The Morgan fingerprint density at radius 3 is 2.50 bits per heavy atom. The fourth-order valence-electron chi connectivity index (χ4n) is 2.44. The molecule has 0 aliphatic rings. The molecule has 1 unspecified atom stereocenters. The van der Waals surface area contributed by atoms with E-state index >= 15 is 0 Å². The molecular formula is C15H28N4O. The monoisotopic (exact) mass is 280 g/mol. The van der Waals surface area contributed by atoms with Crippen LogP contribution < -0.4 is 16.6 Å². The molecule has 114 valence electrons. The summed E-state index contributed by atoms with van der Waals surface area (Å²) in [6.07, 6.45) is 4.29. The van der Waals surface area contributed by atoms with Gasteiger partial charge < -0.3 is 15.6 Å². The SMILES string of the molecule is CC(C)Cn1ccnc(NC(C)(CN)CC(C)C)c1=O. The number of hydrogen-bond acceptors (Lipinski definition) is 4. The van der Waals surface area contributed by atoms with Crippen molar-refractivity contribution >= 4 is 5.82 Å². The summed E-state index contributed by atoms with van der Waals surface area (Å²) in [7, 11) is 0. The minimum atomic E-state index is -0.308. The van der Waals surface area contributed by atoms with Crippen molar-refractivity contribution in [1.82, 2.24) is 9.55 Å². The normalized spacial score (nSPS) is 14.6. The zero-order valence-electron chi connectivity index (χ0n) is 13.3. The maximum atomic E-state index is 12.4. The van der Waals surface area contributed by atoms with Crippen molar-refractivity contribution in [2.75, 3.05) is 11.9 Å². The van der Waals surface area contributed by atoms with Crippen molar-refractivity contribution in [2.24, 2.45) is 17.6 Å². The van der Waals surface area contributed by atoms with Gasteiger partial charge in [-0.2, -0.15) is 0 Å². The Morgan fingerprint density at radius 2 is 2.00 bits per heavy atom. The van der Waals surface area contributed by atoms with Gasteiger partial charge in [-0.25, -0.2) is 4.98 Å². The largest absolute Gasteiger partial charge is 0.359 e. The number of nitrogens with two attached hydrogens (primary N) is 1. The summed E-state index contributed by atoms with van der Waals surface area (Å²) in [6.45, 7) is 11.7. The highest BCUT2D eigenvalue weighted by atomic mass is 16.1. The van der Waals surface area contributed by atoms with Crippen LogP contribution in [0.4, 0.5) is 5.82 Å². The average molecular weight is 280 g/mol. The minimum absolute atomic E-state index is 0.0790. The summed E-state index contributed by atoms with van der Waals surface area (Å²) in [4.78, 5) is 16.6. The average Bonchev–Trinajstić information content (AvgIpc) is 2.33. The van der Waals surface area contributed by atoms with E-state index < -0.39 is 0 Å². The van der Waals surface area contributed by atoms with Crippen molar-refractivity contribution in [2.45, 2.75) is 53.1 Å². The summed E-state index contributed by atoms with van der Waals surface area (Å²) in [6, 6.07) is 0. The van der Waals surface area contributed by atoms with Crippen molar-refractivity contribution in [3.8, 4) is 0 Å². The van der Waals surface area contributed by atoms with Gasteiger partial charge in [0, 0.05) is 31.0 Å². The lowest BCUT2D eigenvalue weighted by Gasteiger charge is -2.31. The van der Waals surface area contributed by atoms with E-state index in [9.17, 15) is 4.79 Å². The highest BCUT2D eigenvalue weighted by Crippen LogP contribution is 2.19. The molecular weight excluding hydrogens is 252 g/mol. The molecule has 1 aromatic heterocycles. The summed E-state index contributed by atoms with van der Waals surface area (Å²) >= 11 is 0. The Bertz CT molecular complexity index is 481. The Balaban J connectivity index is 2.99. The second kappa shape index (κ2) is 6.88. The fourth-order valence-corrected chi connectivity index (χ4v) is 2.44. The molecule has 0 spiro atoms. The number of rotatable bonds is 7. The van der Waals surface area contributed by atoms with Crippen LogP contribution in [-0.4, -0.2) is 21.6 Å². The van der Waals surface area contributed by atoms with E-state index in [4.69, 9.17) is 5.73 Å². The first-order valence-electron chi connectivity index (χ1n) is 7.31. The molecule has 0 saturated heterocycles. The van der Waals surface area contributed by atoms with Crippen LogP contribution in [0, 0.1) is 11.8 Å². The highest BCUT2D eigenvalue weighted by Gasteiger charge is 2.25. The van der Waals surface area contributed by atoms with Crippen LogP contribution in [0.3, 0.4) is 0 Å². The predicted octanol–water partition coefficient (Wildman–Crippen LogP) is 2.07. The maximum absolute atomic E-state index is 12.4. The molecule has 0 saturated carbocycles. The lowest BCUT2D eigenvalue weighted by molar-refractivity contribution is 0.404. The summed E-state index contributed by atoms with van der Waals surface area (Å²) in [5.41, 5.74) is 5.49. The molecule has 0 aromatic carbocycles. The maximum Gasteiger partial charge on any atom is 0.293 e. The fraction of sp³-hybridized carbons (Fsp3) is 0.733. The molecule has 5 nitrogen and oxygen atoms in total. The van der Waals surface area contributed by atoms with E-state index in [1.165, 1.54) is 0 Å². The van der Waals surface area contributed by atoms with E-state index in [1.54, 1.807) is 17.0 Å². The minimum Gasteiger partial charge on any atom is -0.359 e. The Labute approximate surface area is 121 Å². The summed E-state index contributed by atoms with van der Waals surface area (Å²) < 4.78 is 1.70. The molecule has 1 rings (SSSR count). The molecule has 0 fully saturated rings. The molecule has 1 atom stereocenters. The Morgan fingerprint density at radius 1 is 1.35 bits per heavy atom. The van der Waals surface area contributed by atoms with Crippen LogP contribution in [0.25, 0.3) is 0 Å². The van der Waals surface area contributed by atoms with E-state index in [0.29, 0.717) is 30.7 Å². The van der Waals surface area contributed by atoms with Crippen molar-refractivity contribution in [3.05, 3.63) is 22.7 Å². The first kappa shape index (κ1) is 16.7. The lowest BCUT2D eigenvalue weighted by Crippen LogP contribution is -2.45. The third kappa shape index (κ3) is 4.63. The van der Waals surface area contributed by atoms with Gasteiger partial charge in [-0.1, -0.05) is 27.7 Å². The molecule has 0 radical (unpaired) electrons. The number of anilines is 1. The summed E-state index contributed by atoms with van der Waals surface area (Å²) in [5, 5.41) is 3.25. The van der Waals surface area contributed by atoms with E-state index in [1.807, 2.05) is 6.92 Å². The Hall–Kier alpha value is -1.36. The van der Waals surface area contributed by atoms with Crippen LogP contribution in [0.5, 0.6) is 0 Å². The Kier molecular flexibility index (Phi) is 5.74. The van der Waals surface area contributed by atoms with E-state index in [0.717, 1.165) is 6.42 Å². The van der Waals surface area contributed by atoms with Crippen LogP contribution in [0.2, 0.25) is 0 Å². The standard InChI is InChI=1S/C15H28N4O/c1-11(2)8-15(5,10-16)18-13-14(20)19(7-6-17-13)9-12(3)4/h6-7,11-12H,8-10,16H2,1-5H3,(H,17,18). The van der Waals surface area contributed by atoms with Gasteiger partial charge in [0.15, 0.2) is 5.82 Å². The first-order chi connectivity index (χ1) is 9.27. The third-order valence-corrected chi connectivity index (χ3v) is 3.21. The number of hydrogen-bond donors (Lipinski definition) is 2. The number of nitrogens with one attached hydrogen (secondary N) is 1. The van der Waals surface area contributed by atoms with Gasteiger partial charge in [0.2, 0.25) is 0 Å². The molecule has 0 amide bonds. The van der Waals surface area contributed by atoms with Gasteiger partial charge in [-0.05, 0) is 25.2 Å². The van der Waals surface area contributed by atoms with Gasteiger partial charge in [-0.15, -0.1) is 0 Å². The molecule has 0 aliphatic heterocycles. The molecule has 1 heterocycles. The van der Waals surface area contributed by atoms with E-state index in [2.05, 4.69) is 38.0 Å².